The zero-order valence-electron chi connectivity index (χ0n) is 17.6. The van der Waals surface area contributed by atoms with Crippen LogP contribution in [0.2, 0.25) is 0 Å². The number of aromatic nitrogens is 4. The molecule has 3 aromatic rings. The Labute approximate surface area is 182 Å². The Morgan fingerprint density at radius 2 is 2.09 bits per heavy atom. The number of nitrogens with zero attached hydrogens (tertiary/aromatic N) is 4. The molecule has 0 spiro atoms. The van der Waals surface area contributed by atoms with Gasteiger partial charge in [-0.1, -0.05) is 0 Å². The summed E-state index contributed by atoms with van der Waals surface area (Å²) in [4.78, 5) is 40.1. The number of nitrogens with one attached hydrogen (secondary N) is 2. The Morgan fingerprint density at radius 3 is 2.78 bits per heavy atom. The summed E-state index contributed by atoms with van der Waals surface area (Å²) in [6.45, 7) is 4.61. The van der Waals surface area contributed by atoms with Gasteiger partial charge in [0.05, 0.1) is 17.3 Å². The van der Waals surface area contributed by atoms with Crippen LogP contribution in [0.25, 0.3) is 11.0 Å². The molecule has 0 aliphatic carbocycles. The molecule has 0 unspecified atom stereocenters. The Morgan fingerprint density at radius 1 is 1.31 bits per heavy atom. The summed E-state index contributed by atoms with van der Waals surface area (Å²) in [5.74, 6) is -0.328. The number of imidazole rings is 1. The van der Waals surface area contributed by atoms with Crippen LogP contribution in [0.4, 0.5) is 10.7 Å². The highest BCUT2D eigenvalue weighted by molar-refractivity contribution is 6.04. The standard InChI is InChI=1S/C20H23N7O5/c1-3-26-14(6-10(2)25-26)18(29)24-19-23-13-7-11(17(21)28)8-15-16(13)27(19)12(9-32-15)4-5-22-20(30)31/h6-8,12,22H,3-5,9H2,1-2H3,(H2,21,28)(H,30,31)(H,23,24,29)/t12-/m0/s1. The minimum Gasteiger partial charge on any atom is -0.489 e. The minimum absolute atomic E-state index is 0.187. The third kappa shape index (κ3) is 3.82. The van der Waals surface area contributed by atoms with Crippen LogP contribution >= 0.6 is 0 Å². The molecule has 0 saturated heterocycles. The van der Waals surface area contributed by atoms with Crippen molar-refractivity contribution in [2.45, 2.75) is 32.9 Å². The fourth-order valence-electron chi connectivity index (χ4n) is 3.84. The molecule has 1 atom stereocenters. The van der Waals surface area contributed by atoms with Crippen molar-refractivity contribution in [1.29, 1.82) is 0 Å². The van der Waals surface area contributed by atoms with Crippen LogP contribution in [-0.4, -0.2) is 55.5 Å². The largest absolute Gasteiger partial charge is 0.489 e. The highest BCUT2D eigenvalue weighted by atomic mass is 16.5. The monoisotopic (exact) mass is 441 g/mol. The van der Waals surface area contributed by atoms with Gasteiger partial charge in [0.2, 0.25) is 11.9 Å². The number of anilines is 1. The molecule has 0 saturated carbocycles. The SMILES string of the molecule is CCn1nc(C)cc1C(=O)Nc1nc2cc(C(N)=O)cc3c2n1[C@@H](CCNC(=O)O)CO3. The van der Waals surface area contributed by atoms with Gasteiger partial charge in [0.1, 0.15) is 23.6 Å². The van der Waals surface area contributed by atoms with E-state index in [0.29, 0.717) is 41.1 Å². The molecule has 12 heteroatoms. The minimum atomic E-state index is -1.12. The van der Waals surface area contributed by atoms with E-state index in [1.54, 1.807) is 22.2 Å². The van der Waals surface area contributed by atoms with Gasteiger partial charge in [-0.25, -0.2) is 9.78 Å². The Bertz CT molecular complexity index is 1230. The first-order valence-electron chi connectivity index (χ1n) is 10.1. The molecule has 1 aliphatic heterocycles. The molecule has 168 valence electrons. The van der Waals surface area contributed by atoms with Crippen LogP contribution in [0.3, 0.4) is 0 Å². The third-order valence-electron chi connectivity index (χ3n) is 5.24. The number of carboxylic acid groups (broad SMARTS) is 1. The van der Waals surface area contributed by atoms with Gasteiger partial charge in [0.15, 0.2) is 0 Å². The predicted molar refractivity (Wildman–Crippen MR) is 114 cm³/mol. The average molecular weight is 441 g/mol. The van der Waals surface area contributed by atoms with Gasteiger partial charge in [0, 0.05) is 18.7 Å². The lowest BCUT2D eigenvalue weighted by atomic mass is 10.1. The second-order valence-electron chi connectivity index (χ2n) is 7.44. The van der Waals surface area contributed by atoms with Crippen molar-refractivity contribution in [3.8, 4) is 5.75 Å². The molecule has 0 radical (unpaired) electrons. The van der Waals surface area contributed by atoms with E-state index >= 15 is 0 Å². The zero-order valence-corrected chi connectivity index (χ0v) is 17.6. The van der Waals surface area contributed by atoms with Gasteiger partial charge in [-0.15, -0.1) is 0 Å². The topological polar surface area (TPSA) is 166 Å². The predicted octanol–water partition coefficient (Wildman–Crippen LogP) is 1.50. The van der Waals surface area contributed by atoms with E-state index in [2.05, 4.69) is 20.7 Å². The Hall–Kier alpha value is -4.09. The molecule has 2 aromatic heterocycles. The normalized spacial score (nSPS) is 14.8. The summed E-state index contributed by atoms with van der Waals surface area (Å²) in [5, 5.41) is 18.3. The number of primary amides is 1. The van der Waals surface area contributed by atoms with E-state index in [4.69, 9.17) is 15.6 Å². The summed E-state index contributed by atoms with van der Waals surface area (Å²) in [7, 11) is 0. The molecule has 3 amide bonds. The van der Waals surface area contributed by atoms with E-state index in [9.17, 15) is 14.4 Å². The first-order valence-corrected chi connectivity index (χ1v) is 10.1. The van der Waals surface area contributed by atoms with Crippen LogP contribution in [0.1, 0.15) is 45.9 Å². The summed E-state index contributed by atoms with van der Waals surface area (Å²) >= 11 is 0. The lowest BCUT2D eigenvalue weighted by molar-refractivity contribution is 0.0995. The van der Waals surface area contributed by atoms with Gasteiger partial charge < -0.3 is 25.5 Å². The Balaban J connectivity index is 1.76. The van der Waals surface area contributed by atoms with Crippen molar-refractivity contribution >= 4 is 34.9 Å². The molecule has 12 nitrogen and oxygen atoms in total. The fraction of sp³-hybridized carbons (Fsp3) is 0.350. The molecule has 4 rings (SSSR count). The first-order chi connectivity index (χ1) is 15.3. The molecule has 3 heterocycles. The molecule has 0 bridgehead atoms. The quantitative estimate of drug-likeness (QED) is 0.431. The number of aryl methyl sites for hydroxylation is 2. The van der Waals surface area contributed by atoms with E-state index in [1.165, 1.54) is 12.1 Å². The van der Waals surface area contributed by atoms with E-state index in [-0.39, 0.29) is 36.6 Å². The van der Waals surface area contributed by atoms with Crippen molar-refractivity contribution < 1.29 is 24.2 Å². The number of carbonyl (C=O) groups is 3. The second kappa shape index (κ2) is 8.21. The van der Waals surface area contributed by atoms with Gasteiger partial charge in [-0.3, -0.25) is 19.6 Å². The molecule has 1 aromatic carbocycles. The number of hydrogen-bond acceptors (Lipinski definition) is 6. The molecule has 0 fully saturated rings. The van der Waals surface area contributed by atoms with Crippen molar-refractivity contribution in [3.63, 3.8) is 0 Å². The maximum atomic E-state index is 13.0. The summed E-state index contributed by atoms with van der Waals surface area (Å²) < 4.78 is 9.23. The first kappa shape index (κ1) is 21.2. The van der Waals surface area contributed by atoms with Crippen LogP contribution in [0.15, 0.2) is 18.2 Å². The lowest BCUT2D eigenvalue weighted by Gasteiger charge is -2.27. The van der Waals surface area contributed by atoms with Gasteiger partial charge in [-0.05, 0) is 38.5 Å². The number of hydrogen-bond donors (Lipinski definition) is 4. The molecule has 1 aliphatic rings. The molecular formula is C20H23N7O5. The van der Waals surface area contributed by atoms with E-state index in [0.717, 1.165) is 0 Å². The smallest absolute Gasteiger partial charge is 0.404 e. The van der Waals surface area contributed by atoms with E-state index < -0.39 is 12.0 Å². The highest BCUT2D eigenvalue weighted by Gasteiger charge is 2.29. The lowest BCUT2D eigenvalue weighted by Crippen LogP contribution is -2.30. The number of nitrogens with two attached hydrogens (primary N) is 1. The van der Waals surface area contributed by atoms with Gasteiger partial charge >= 0.3 is 6.09 Å². The van der Waals surface area contributed by atoms with E-state index in [1.807, 2.05) is 6.92 Å². The van der Waals surface area contributed by atoms with Gasteiger partial charge in [-0.2, -0.15) is 5.10 Å². The molecule has 5 N–H and O–H groups in total. The van der Waals surface area contributed by atoms with Crippen molar-refractivity contribution in [3.05, 3.63) is 35.2 Å². The van der Waals surface area contributed by atoms with Crippen LogP contribution in [0, 0.1) is 6.92 Å². The molecular weight excluding hydrogens is 418 g/mol. The average Bonchev–Trinajstić information content (AvgIpc) is 3.30. The summed E-state index contributed by atoms with van der Waals surface area (Å²) in [6, 6.07) is 4.46. The van der Waals surface area contributed by atoms with Crippen molar-refractivity contribution in [1.82, 2.24) is 24.6 Å². The number of ether oxygens (including phenoxy) is 1. The second-order valence-corrected chi connectivity index (χ2v) is 7.44. The molecule has 32 heavy (non-hydrogen) atoms. The fourth-order valence-corrected chi connectivity index (χ4v) is 3.84. The third-order valence-corrected chi connectivity index (χ3v) is 5.24. The van der Waals surface area contributed by atoms with Crippen molar-refractivity contribution in [2.75, 3.05) is 18.5 Å². The summed E-state index contributed by atoms with van der Waals surface area (Å²) in [6.07, 6.45) is -0.718. The summed E-state index contributed by atoms with van der Waals surface area (Å²) in [5.41, 5.74) is 7.80. The van der Waals surface area contributed by atoms with Crippen LogP contribution in [0.5, 0.6) is 5.75 Å². The van der Waals surface area contributed by atoms with Crippen LogP contribution < -0.4 is 21.1 Å². The van der Waals surface area contributed by atoms with Crippen LogP contribution in [-0.2, 0) is 6.54 Å². The number of amides is 3. The highest BCUT2D eigenvalue weighted by Crippen LogP contribution is 2.38. The van der Waals surface area contributed by atoms with Gasteiger partial charge in [0.25, 0.3) is 5.91 Å². The maximum Gasteiger partial charge on any atom is 0.404 e. The van der Waals surface area contributed by atoms with Crippen molar-refractivity contribution in [2.24, 2.45) is 5.73 Å². The number of carbonyl (C=O) groups excluding carboxylic acids is 2. The number of rotatable bonds is 7. The zero-order chi connectivity index (χ0) is 23.0. The number of benzene rings is 1. The Kier molecular flexibility index (Phi) is 5.43. The maximum absolute atomic E-state index is 13.0.